The summed E-state index contributed by atoms with van der Waals surface area (Å²) >= 11 is 0. The minimum Gasteiger partial charge on any atom is -0.340 e. The van der Waals surface area contributed by atoms with Gasteiger partial charge in [-0.2, -0.15) is 0 Å². The maximum Gasteiger partial charge on any atom is 0.225 e. The van der Waals surface area contributed by atoms with E-state index in [0.717, 1.165) is 25.8 Å². The first-order valence-electron chi connectivity index (χ1n) is 9.40. The van der Waals surface area contributed by atoms with Crippen LogP contribution in [0.4, 0.5) is 0 Å². The van der Waals surface area contributed by atoms with Crippen molar-refractivity contribution in [3.8, 4) is 0 Å². The summed E-state index contributed by atoms with van der Waals surface area (Å²) in [6.45, 7) is 2.04. The molecule has 1 atom stereocenters. The SMILES string of the molecule is O=C(C1CCCCC1)N1CCC(=O)N2CCc3ccccc3C2C1. The lowest BCUT2D eigenvalue weighted by atomic mass is 9.87. The van der Waals surface area contributed by atoms with Gasteiger partial charge >= 0.3 is 0 Å². The molecule has 4 heteroatoms. The lowest BCUT2D eigenvalue weighted by molar-refractivity contribution is -0.137. The minimum atomic E-state index is 0.0393. The van der Waals surface area contributed by atoms with Crippen molar-refractivity contribution in [2.24, 2.45) is 5.92 Å². The van der Waals surface area contributed by atoms with Crippen molar-refractivity contribution < 1.29 is 9.59 Å². The lowest BCUT2D eigenvalue weighted by Gasteiger charge is -2.38. The van der Waals surface area contributed by atoms with Gasteiger partial charge in [0.25, 0.3) is 0 Å². The quantitative estimate of drug-likeness (QED) is 0.796. The molecule has 128 valence electrons. The Morgan fingerprint density at radius 1 is 1.00 bits per heavy atom. The lowest BCUT2D eigenvalue weighted by Crippen LogP contribution is -2.44. The van der Waals surface area contributed by atoms with Gasteiger partial charge in [-0.15, -0.1) is 0 Å². The first-order chi connectivity index (χ1) is 11.7. The number of nitrogens with zero attached hydrogens (tertiary/aromatic N) is 2. The van der Waals surface area contributed by atoms with Gasteiger partial charge in [-0.25, -0.2) is 0 Å². The monoisotopic (exact) mass is 326 g/mol. The molecule has 3 aliphatic rings. The van der Waals surface area contributed by atoms with Gasteiger partial charge in [-0.3, -0.25) is 9.59 Å². The molecule has 0 bridgehead atoms. The first-order valence-corrected chi connectivity index (χ1v) is 9.40. The standard InChI is InChI=1S/C20H26N2O2/c23-19-11-12-21(20(24)16-7-2-1-3-8-16)14-18-17-9-5-4-6-15(17)10-13-22(18)19/h4-6,9,16,18H,1-3,7-8,10-14H2. The molecule has 2 fully saturated rings. The van der Waals surface area contributed by atoms with Crippen molar-refractivity contribution in [3.63, 3.8) is 0 Å². The molecule has 0 spiro atoms. The van der Waals surface area contributed by atoms with Gasteiger partial charge in [0.05, 0.1) is 6.04 Å². The molecular formula is C20H26N2O2. The van der Waals surface area contributed by atoms with E-state index in [1.807, 2.05) is 15.9 Å². The number of benzene rings is 1. The smallest absolute Gasteiger partial charge is 0.225 e. The molecule has 1 saturated carbocycles. The van der Waals surface area contributed by atoms with Crippen molar-refractivity contribution in [2.45, 2.75) is 51.0 Å². The van der Waals surface area contributed by atoms with Crippen LogP contribution in [0.15, 0.2) is 24.3 Å². The molecule has 1 aromatic rings. The van der Waals surface area contributed by atoms with E-state index >= 15 is 0 Å². The van der Waals surface area contributed by atoms with Crippen LogP contribution in [0.5, 0.6) is 0 Å². The highest BCUT2D eigenvalue weighted by atomic mass is 16.2. The van der Waals surface area contributed by atoms with Crippen molar-refractivity contribution in [1.29, 1.82) is 0 Å². The van der Waals surface area contributed by atoms with Gasteiger partial charge in [0, 0.05) is 32.0 Å². The van der Waals surface area contributed by atoms with E-state index in [9.17, 15) is 9.59 Å². The highest BCUT2D eigenvalue weighted by Gasteiger charge is 2.37. The third-order valence-corrected chi connectivity index (χ3v) is 5.99. The molecule has 1 aromatic carbocycles. The summed E-state index contributed by atoms with van der Waals surface area (Å²) in [4.78, 5) is 29.6. The number of carbonyl (C=O) groups is 2. The number of rotatable bonds is 1. The van der Waals surface area contributed by atoms with Crippen LogP contribution in [-0.2, 0) is 16.0 Å². The first kappa shape index (κ1) is 15.7. The van der Waals surface area contributed by atoms with Crippen LogP contribution in [0.25, 0.3) is 0 Å². The average molecular weight is 326 g/mol. The highest BCUT2D eigenvalue weighted by molar-refractivity contribution is 5.82. The molecule has 4 rings (SSSR count). The summed E-state index contributed by atoms with van der Waals surface area (Å²) in [6.07, 6.45) is 7.03. The van der Waals surface area contributed by atoms with Crippen molar-refractivity contribution >= 4 is 11.8 Å². The zero-order chi connectivity index (χ0) is 16.5. The fourth-order valence-corrected chi connectivity index (χ4v) is 4.63. The van der Waals surface area contributed by atoms with Crippen molar-refractivity contribution in [3.05, 3.63) is 35.4 Å². The second-order valence-corrected chi connectivity index (χ2v) is 7.42. The largest absolute Gasteiger partial charge is 0.340 e. The summed E-state index contributed by atoms with van der Waals surface area (Å²) in [6, 6.07) is 8.45. The molecule has 1 aliphatic carbocycles. The number of amides is 2. The Bertz CT molecular complexity index is 636. The molecule has 0 aromatic heterocycles. The third kappa shape index (κ3) is 2.83. The van der Waals surface area contributed by atoms with Crippen LogP contribution in [0.3, 0.4) is 0 Å². The molecule has 1 saturated heterocycles. The molecular weight excluding hydrogens is 300 g/mol. The van der Waals surface area contributed by atoms with Gasteiger partial charge in [0.15, 0.2) is 0 Å². The molecule has 0 radical (unpaired) electrons. The van der Waals surface area contributed by atoms with E-state index in [1.54, 1.807) is 0 Å². The van der Waals surface area contributed by atoms with Gasteiger partial charge in [0.2, 0.25) is 11.8 Å². The van der Waals surface area contributed by atoms with Crippen LogP contribution in [0.1, 0.15) is 55.7 Å². The molecule has 2 amide bonds. The predicted molar refractivity (Wildman–Crippen MR) is 92.4 cm³/mol. The second kappa shape index (κ2) is 6.58. The van der Waals surface area contributed by atoms with Crippen LogP contribution in [0, 0.1) is 5.92 Å². The highest BCUT2D eigenvalue weighted by Crippen LogP contribution is 2.34. The molecule has 24 heavy (non-hydrogen) atoms. The fourth-order valence-electron chi connectivity index (χ4n) is 4.63. The zero-order valence-electron chi connectivity index (χ0n) is 14.2. The van der Waals surface area contributed by atoms with E-state index in [4.69, 9.17) is 0 Å². The molecule has 2 heterocycles. The minimum absolute atomic E-state index is 0.0393. The zero-order valence-corrected chi connectivity index (χ0v) is 14.2. The van der Waals surface area contributed by atoms with E-state index in [1.165, 1.54) is 30.4 Å². The van der Waals surface area contributed by atoms with Crippen LogP contribution in [0.2, 0.25) is 0 Å². The van der Waals surface area contributed by atoms with E-state index < -0.39 is 0 Å². The molecule has 4 nitrogen and oxygen atoms in total. The maximum atomic E-state index is 13.0. The van der Waals surface area contributed by atoms with Crippen molar-refractivity contribution in [1.82, 2.24) is 9.80 Å². The molecule has 0 N–H and O–H groups in total. The van der Waals surface area contributed by atoms with Crippen LogP contribution in [-0.4, -0.2) is 41.2 Å². The Balaban J connectivity index is 1.59. The number of hydrogen-bond acceptors (Lipinski definition) is 2. The van der Waals surface area contributed by atoms with E-state index in [2.05, 4.69) is 18.2 Å². The topological polar surface area (TPSA) is 40.6 Å². The summed E-state index contributed by atoms with van der Waals surface area (Å²) in [5.74, 6) is 0.667. The van der Waals surface area contributed by atoms with Gasteiger partial charge in [-0.1, -0.05) is 43.5 Å². The van der Waals surface area contributed by atoms with E-state index in [-0.39, 0.29) is 23.8 Å². The summed E-state index contributed by atoms with van der Waals surface area (Å²) in [5, 5.41) is 0. The van der Waals surface area contributed by atoms with Crippen LogP contribution >= 0.6 is 0 Å². The average Bonchev–Trinajstić information content (AvgIpc) is 2.81. The Labute approximate surface area is 143 Å². The third-order valence-electron chi connectivity index (χ3n) is 5.99. The van der Waals surface area contributed by atoms with Gasteiger partial charge in [0.1, 0.15) is 0 Å². The summed E-state index contributed by atoms with van der Waals surface area (Å²) in [5.41, 5.74) is 2.57. The number of carbonyl (C=O) groups excluding carboxylic acids is 2. The Kier molecular flexibility index (Phi) is 4.30. The molecule has 1 unspecified atom stereocenters. The Morgan fingerprint density at radius 2 is 1.79 bits per heavy atom. The molecule has 2 aliphatic heterocycles. The van der Waals surface area contributed by atoms with Gasteiger partial charge < -0.3 is 9.80 Å². The predicted octanol–water partition coefficient (Wildman–Crippen LogP) is 2.93. The second-order valence-electron chi connectivity index (χ2n) is 7.42. The number of fused-ring (bicyclic) bond motifs is 3. The summed E-state index contributed by atoms with van der Waals surface area (Å²) < 4.78 is 0. The maximum absolute atomic E-state index is 13.0. The van der Waals surface area contributed by atoms with Crippen LogP contribution < -0.4 is 0 Å². The van der Waals surface area contributed by atoms with Gasteiger partial charge in [-0.05, 0) is 30.4 Å². The fraction of sp³-hybridized carbons (Fsp3) is 0.600. The van der Waals surface area contributed by atoms with E-state index in [0.29, 0.717) is 19.5 Å². The van der Waals surface area contributed by atoms with Crippen molar-refractivity contribution in [2.75, 3.05) is 19.6 Å². The summed E-state index contributed by atoms with van der Waals surface area (Å²) in [7, 11) is 0. The Morgan fingerprint density at radius 3 is 2.62 bits per heavy atom. The normalized spacial score (nSPS) is 25.0. The number of hydrogen-bond donors (Lipinski definition) is 0. The Hall–Kier alpha value is -1.84.